The van der Waals surface area contributed by atoms with Crippen molar-refractivity contribution in [3.05, 3.63) is 82.4 Å². The predicted octanol–water partition coefficient (Wildman–Crippen LogP) is 5.77. The monoisotopic (exact) mass is 414 g/mol. The fraction of sp³-hybridized carbons (Fsp3) is 0.190. The minimum Gasteiger partial charge on any atom is -0.496 e. The lowest BCUT2D eigenvalue weighted by Gasteiger charge is -2.21. The van der Waals surface area contributed by atoms with Crippen LogP contribution in [-0.2, 0) is 0 Å². The van der Waals surface area contributed by atoms with Crippen LogP contribution in [0.5, 0.6) is 5.75 Å². The van der Waals surface area contributed by atoms with E-state index in [0.29, 0.717) is 16.0 Å². The topological polar surface area (TPSA) is 63.7 Å². The molecule has 0 fully saturated rings. The molecule has 0 spiro atoms. The molecular weight excluding hydrogens is 395 g/mol. The number of H-pyrrole nitrogens is 1. The average Bonchev–Trinajstić information content (AvgIpc) is 2.81. The number of pyridine rings is 1. The van der Waals surface area contributed by atoms with Crippen LogP contribution in [0.2, 0.25) is 10.2 Å². The van der Waals surface area contributed by atoms with Crippen LogP contribution in [0.3, 0.4) is 0 Å². The molecule has 5 nitrogen and oxygen atoms in total. The van der Waals surface area contributed by atoms with Gasteiger partial charge in [-0.2, -0.15) is 0 Å². The van der Waals surface area contributed by atoms with Gasteiger partial charge in [-0.15, -0.1) is 0 Å². The smallest absolute Gasteiger partial charge is 0.131 e. The molecule has 1 N–H and O–H groups in total. The number of aromatic nitrogens is 4. The van der Waals surface area contributed by atoms with Gasteiger partial charge in [0.1, 0.15) is 16.7 Å². The zero-order chi connectivity index (χ0) is 20.1. The first-order valence-corrected chi connectivity index (χ1v) is 9.45. The molecule has 0 aliphatic carbocycles. The van der Waals surface area contributed by atoms with Gasteiger partial charge in [0.25, 0.3) is 0 Å². The maximum Gasteiger partial charge on any atom is 0.131 e. The fourth-order valence-electron chi connectivity index (χ4n) is 3.02. The van der Waals surface area contributed by atoms with E-state index in [-0.39, 0.29) is 5.92 Å². The largest absolute Gasteiger partial charge is 0.496 e. The molecule has 144 valence electrons. The molecule has 2 aromatic heterocycles. The third-order valence-corrected chi connectivity index (χ3v) is 5.08. The predicted molar refractivity (Wildman–Crippen MR) is 113 cm³/mol. The second kappa shape index (κ2) is 9.04. The third kappa shape index (κ3) is 4.26. The van der Waals surface area contributed by atoms with Gasteiger partial charge in [0.15, 0.2) is 0 Å². The molecular formula is C21H20Cl2N4O. The van der Waals surface area contributed by atoms with Crippen molar-refractivity contribution in [3.63, 3.8) is 0 Å². The molecule has 28 heavy (non-hydrogen) atoms. The Balaban J connectivity index is 2.21. The normalized spacial score (nSPS) is 11.6. The minimum absolute atomic E-state index is 0.130. The molecule has 0 saturated carbocycles. The summed E-state index contributed by atoms with van der Waals surface area (Å²) in [6, 6.07) is 7.44. The van der Waals surface area contributed by atoms with E-state index in [1.807, 2.05) is 32.0 Å². The standard InChI is InChI=1S/C21H20Cl2N4O/c1-13(21-26-8-6-18(23)25-9-10-27-21)16-11-17(22)14(2)19(20(16)28-3)15-5-4-7-24-12-15/h4-13H,1-3H3,(H,26,27). The summed E-state index contributed by atoms with van der Waals surface area (Å²) in [5, 5.41) is 1.01. The third-order valence-electron chi connectivity index (χ3n) is 4.47. The molecule has 3 rings (SSSR count). The number of methoxy groups -OCH3 is 1. The van der Waals surface area contributed by atoms with Crippen LogP contribution in [-0.4, -0.2) is 27.0 Å². The van der Waals surface area contributed by atoms with Gasteiger partial charge in [-0.3, -0.25) is 4.98 Å². The Labute approximate surface area is 174 Å². The van der Waals surface area contributed by atoms with Gasteiger partial charge in [-0.1, -0.05) is 36.2 Å². The van der Waals surface area contributed by atoms with Gasteiger partial charge in [0.05, 0.1) is 7.11 Å². The molecule has 0 bridgehead atoms. The van der Waals surface area contributed by atoms with E-state index in [0.717, 1.165) is 28.0 Å². The van der Waals surface area contributed by atoms with Crippen molar-refractivity contribution >= 4 is 23.2 Å². The molecule has 1 aromatic carbocycles. The number of benzene rings is 1. The first kappa shape index (κ1) is 20.1. The summed E-state index contributed by atoms with van der Waals surface area (Å²) in [6.07, 6.45) is 8.43. The Morgan fingerprint density at radius 1 is 1.11 bits per heavy atom. The van der Waals surface area contributed by atoms with E-state index in [2.05, 4.69) is 19.9 Å². The Kier molecular flexibility index (Phi) is 6.49. The van der Waals surface area contributed by atoms with Crippen LogP contribution in [0.15, 0.2) is 55.2 Å². The maximum absolute atomic E-state index is 6.58. The quantitative estimate of drug-likeness (QED) is 0.588. The number of nitrogens with one attached hydrogen (secondary N) is 1. The molecule has 3 aromatic rings. The minimum atomic E-state index is -0.130. The van der Waals surface area contributed by atoms with Crippen LogP contribution in [0.4, 0.5) is 0 Å². The molecule has 7 heteroatoms. The van der Waals surface area contributed by atoms with Gasteiger partial charge < -0.3 is 9.72 Å². The summed E-state index contributed by atoms with van der Waals surface area (Å²) in [4.78, 5) is 15.9. The molecule has 2 heterocycles. The average molecular weight is 415 g/mol. The van der Waals surface area contributed by atoms with Crippen LogP contribution >= 0.6 is 23.2 Å². The van der Waals surface area contributed by atoms with E-state index in [4.69, 9.17) is 27.9 Å². The Morgan fingerprint density at radius 2 is 1.93 bits per heavy atom. The van der Waals surface area contributed by atoms with Crippen molar-refractivity contribution in [2.24, 2.45) is 0 Å². The molecule has 1 atom stereocenters. The molecule has 0 aliphatic rings. The van der Waals surface area contributed by atoms with Crippen molar-refractivity contribution in [1.82, 2.24) is 19.9 Å². The summed E-state index contributed by atoms with van der Waals surface area (Å²) < 4.78 is 5.83. The van der Waals surface area contributed by atoms with Gasteiger partial charge in [-0.05, 0) is 30.7 Å². The van der Waals surface area contributed by atoms with E-state index in [1.165, 1.54) is 0 Å². The second-order valence-electron chi connectivity index (χ2n) is 6.19. The van der Waals surface area contributed by atoms with Crippen molar-refractivity contribution in [2.75, 3.05) is 7.11 Å². The second-order valence-corrected chi connectivity index (χ2v) is 6.98. The van der Waals surface area contributed by atoms with E-state index >= 15 is 0 Å². The highest BCUT2D eigenvalue weighted by Gasteiger charge is 2.22. The van der Waals surface area contributed by atoms with E-state index < -0.39 is 0 Å². The van der Waals surface area contributed by atoms with Crippen molar-refractivity contribution in [1.29, 1.82) is 0 Å². The highest BCUT2D eigenvalue weighted by Crippen LogP contribution is 2.43. The molecule has 0 radical (unpaired) electrons. The van der Waals surface area contributed by atoms with Gasteiger partial charge >= 0.3 is 0 Å². The maximum atomic E-state index is 6.58. The highest BCUT2D eigenvalue weighted by molar-refractivity contribution is 6.32. The number of hydrogen-bond acceptors (Lipinski definition) is 4. The number of halogens is 2. The number of aromatic amines is 1. The number of ether oxygens (including phenoxy) is 1. The zero-order valence-corrected chi connectivity index (χ0v) is 17.3. The summed E-state index contributed by atoms with van der Waals surface area (Å²) in [6.45, 7) is 4.01. The lowest BCUT2D eigenvalue weighted by Crippen LogP contribution is -2.05. The Bertz CT molecular complexity index is 1020. The summed E-state index contributed by atoms with van der Waals surface area (Å²) in [7, 11) is 1.66. The van der Waals surface area contributed by atoms with Crippen LogP contribution in [0.25, 0.3) is 11.1 Å². The first-order valence-electron chi connectivity index (χ1n) is 8.69. The molecule has 0 saturated heterocycles. The van der Waals surface area contributed by atoms with Crippen LogP contribution in [0.1, 0.15) is 29.8 Å². The number of nitrogens with zero attached hydrogens (tertiary/aromatic N) is 3. The van der Waals surface area contributed by atoms with Crippen molar-refractivity contribution in [3.8, 4) is 16.9 Å². The van der Waals surface area contributed by atoms with E-state index in [9.17, 15) is 0 Å². The number of hydrogen-bond donors (Lipinski definition) is 1. The molecule has 1 unspecified atom stereocenters. The van der Waals surface area contributed by atoms with E-state index in [1.54, 1.807) is 44.2 Å². The Morgan fingerprint density at radius 3 is 2.64 bits per heavy atom. The van der Waals surface area contributed by atoms with Gasteiger partial charge in [0.2, 0.25) is 0 Å². The van der Waals surface area contributed by atoms with Crippen LogP contribution < -0.4 is 4.74 Å². The van der Waals surface area contributed by atoms with Gasteiger partial charge in [0, 0.05) is 58.6 Å². The lowest BCUT2D eigenvalue weighted by molar-refractivity contribution is 0.409. The van der Waals surface area contributed by atoms with Crippen LogP contribution in [0, 0.1) is 6.92 Å². The summed E-state index contributed by atoms with van der Waals surface area (Å²) in [5.41, 5.74) is 3.71. The SMILES string of the molecule is COc1c(C(C)c2nccc(Cl)ncc[nH]2)cc(Cl)c(C)c1-c1cccnc1. The molecule has 0 aliphatic heterocycles. The first-order chi connectivity index (χ1) is 13.5. The molecule has 0 amide bonds. The van der Waals surface area contributed by atoms with Crippen molar-refractivity contribution < 1.29 is 4.74 Å². The number of rotatable bonds is 4. The van der Waals surface area contributed by atoms with Crippen molar-refractivity contribution in [2.45, 2.75) is 19.8 Å². The zero-order valence-electron chi connectivity index (χ0n) is 15.8. The highest BCUT2D eigenvalue weighted by atomic mass is 35.5. The summed E-state index contributed by atoms with van der Waals surface area (Å²) in [5.74, 6) is 1.33. The van der Waals surface area contributed by atoms with Gasteiger partial charge in [-0.25, -0.2) is 9.97 Å². The Hall–Kier alpha value is -2.63. The summed E-state index contributed by atoms with van der Waals surface area (Å²) >= 11 is 12.5. The lowest BCUT2D eigenvalue weighted by atomic mass is 9.91. The fourth-order valence-corrected chi connectivity index (χ4v) is 3.34.